The van der Waals surface area contributed by atoms with E-state index in [0.29, 0.717) is 11.4 Å². The fourth-order valence-electron chi connectivity index (χ4n) is 3.82. The van der Waals surface area contributed by atoms with Crippen LogP contribution in [0.15, 0.2) is 83.8 Å². The summed E-state index contributed by atoms with van der Waals surface area (Å²) in [5, 5.41) is 9.16. The van der Waals surface area contributed by atoms with Crippen LogP contribution in [-0.2, 0) is 19.6 Å². The Balaban J connectivity index is 1.63. The van der Waals surface area contributed by atoms with E-state index >= 15 is 0 Å². The average Bonchev–Trinajstić information content (AvgIpc) is 3.21. The number of aliphatic carboxylic acids is 1. The van der Waals surface area contributed by atoms with Gasteiger partial charge in [-0.25, -0.2) is 8.42 Å². The molecule has 1 fully saturated rings. The van der Waals surface area contributed by atoms with Crippen molar-refractivity contribution in [3.63, 3.8) is 0 Å². The van der Waals surface area contributed by atoms with Crippen molar-refractivity contribution in [2.24, 2.45) is 5.92 Å². The Labute approximate surface area is 186 Å². The summed E-state index contributed by atoms with van der Waals surface area (Å²) in [6, 6.07) is 22.8. The predicted octanol–water partition coefficient (Wildman–Crippen LogP) is 3.62. The van der Waals surface area contributed by atoms with Crippen LogP contribution in [0, 0.1) is 5.92 Å². The molecule has 7 nitrogen and oxygen atoms in total. The smallest absolute Gasteiger partial charge is 0.308 e. The summed E-state index contributed by atoms with van der Waals surface area (Å²) in [7, 11) is -2.36. The summed E-state index contributed by atoms with van der Waals surface area (Å²) in [4.78, 5) is 24.8. The van der Waals surface area contributed by atoms with E-state index in [1.54, 1.807) is 12.1 Å². The number of benzene rings is 3. The van der Waals surface area contributed by atoms with Crippen molar-refractivity contribution in [2.75, 3.05) is 22.8 Å². The first-order valence-corrected chi connectivity index (χ1v) is 11.5. The highest BCUT2D eigenvalue weighted by Gasteiger charge is 2.35. The lowest BCUT2D eigenvalue weighted by molar-refractivity contribution is -0.141. The van der Waals surface area contributed by atoms with Crippen LogP contribution in [0.5, 0.6) is 0 Å². The molecule has 0 bridgehead atoms. The van der Waals surface area contributed by atoms with E-state index in [4.69, 9.17) is 5.11 Å². The molecule has 1 heterocycles. The molecule has 0 aromatic heterocycles. The minimum atomic E-state index is -3.86. The van der Waals surface area contributed by atoms with E-state index in [-0.39, 0.29) is 23.8 Å². The van der Waals surface area contributed by atoms with Gasteiger partial charge in [0.05, 0.1) is 16.5 Å². The number of carboxylic acid groups (broad SMARTS) is 1. The van der Waals surface area contributed by atoms with Crippen molar-refractivity contribution < 1.29 is 23.1 Å². The van der Waals surface area contributed by atoms with E-state index < -0.39 is 21.9 Å². The Kier molecular flexibility index (Phi) is 5.71. The molecular weight excluding hydrogens is 428 g/mol. The van der Waals surface area contributed by atoms with Gasteiger partial charge in [0.2, 0.25) is 5.91 Å². The Morgan fingerprint density at radius 1 is 0.969 bits per heavy atom. The average molecular weight is 451 g/mol. The number of carbonyl (C=O) groups is 2. The van der Waals surface area contributed by atoms with Gasteiger partial charge >= 0.3 is 5.97 Å². The molecule has 1 saturated heterocycles. The van der Waals surface area contributed by atoms with Crippen LogP contribution in [0.4, 0.5) is 11.4 Å². The second kappa shape index (κ2) is 8.47. The van der Waals surface area contributed by atoms with Crippen LogP contribution in [0.2, 0.25) is 0 Å². The van der Waals surface area contributed by atoms with Gasteiger partial charge in [-0.2, -0.15) is 0 Å². The molecule has 3 aromatic rings. The summed E-state index contributed by atoms with van der Waals surface area (Å²) in [5.74, 6) is -2.06. The molecule has 32 heavy (non-hydrogen) atoms. The van der Waals surface area contributed by atoms with E-state index in [9.17, 15) is 18.0 Å². The van der Waals surface area contributed by atoms with Gasteiger partial charge in [0.1, 0.15) is 0 Å². The summed E-state index contributed by atoms with van der Waals surface area (Å²) in [6.07, 6.45) is -0.0611. The molecule has 0 spiro atoms. The Morgan fingerprint density at radius 3 is 2.22 bits per heavy atom. The summed E-state index contributed by atoms with van der Waals surface area (Å²) in [5.41, 5.74) is 2.71. The van der Waals surface area contributed by atoms with Gasteiger partial charge in [-0.15, -0.1) is 0 Å². The molecule has 1 atom stereocenters. The van der Waals surface area contributed by atoms with Crippen molar-refractivity contribution in [3.8, 4) is 11.1 Å². The second-order valence-electron chi connectivity index (χ2n) is 7.59. The lowest BCUT2D eigenvalue weighted by Gasteiger charge is -2.23. The maximum Gasteiger partial charge on any atom is 0.308 e. The second-order valence-corrected chi connectivity index (χ2v) is 9.56. The number of amides is 1. The highest BCUT2D eigenvalue weighted by Crippen LogP contribution is 2.33. The summed E-state index contributed by atoms with van der Waals surface area (Å²) < 4.78 is 27.9. The first-order chi connectivity index (χ1) is 15.3. The van der Waals surface area contributed by atoms with Crippen molar-refractivity contribution in [3.05, 3.63) is 78.9 Å². The molecule has 164 valence electrons. The van der Waals surface area contributed by atoms with Gasteiger partial charge in [-0.1, -0.05) is 48.5 Å². The first-order valence-electron chi connectivity index (χ1n) is 10.1. The largest absolute Gasteiger partial charge is 0.481 e. The van der Waals surface area contributed by atoms with Crippen LogP contribution >= 0.6 is 0 Å². The van der Waals surface area contributed by atoms with Crippen LogP contribution in [0.3, 0.4) is 0 Å². The van der Waals surface area contributed by atoms with Gasteiger partial charge in [-0.05, 0) is 35.9 Å². The first kappa shape index (κ1) is 21.6. The van der Waals surface area contributed by atoms with Crippen LogP contribution in [0.25, 0.3) is 11.1 Å². The zero-order valence-corrected chi connectivity index (χ0v) is 18.2. The molecule has 8 heteroatoms. The maximum atomic E-state index is 13.3. The highest BCUT2D eigenvalue weighted by molar-refractivity contribution is 7.92. The Hall–Kier alpha value is -3.65. The highest BCUT2D eigenvalue weighted by atomic mass is 32.2. The van der Waals surface area contributed by atoms with Crippen LogP contribution < -0.4 is 9.21 Å². The van der Waals surface area contributed by atoms with E-state index in [1.165, 1.54) is 40.5 Å². The standard InChI is InChI=1S/C24H22N2O5S/c1-25(22-10-6-5-9-21(22)17-7-3-2-4-8-17)32(30,31)20-13-11-19(12-14-20)26-16-18(24(28)29)15-23(26)27/h2-14,18H,15-16H2,1H3,(H,28,29). The van der Waals surface area contributed by atoms with Gasteiger partial charge < -0.3 is 10.0 Å². The van der Waals surface area contributed by atoms with Crippen LogP contribution in [0.1, 0.15) is 6.42 Å². The number of nitrogens with zero attached hydrogens (tertiary/aromatic N) is 2. The molecule has 4 rings (SSSR count). The van der Waals surface area contributed by atoms with Crippen molar-refractivity contribution in [2.45, 2.75) is 11.3 Å². The van der Waals surface area contributed by atoms with Gasteiger partial charge in [-0.3, -0.25) is 13.9 Å². The molecule has 3 aromatic carbocycles. The minimum Gasteiger partial charge on any atom is -0.481 e. The number of carboxylic acids is 1. The number of hydrogen-bond acceptors (Lipinski definition) is 4. The van der Waals surface area contributed by atoms with Gasteiger partial charge in [0.25, 0.3) is 10.0 Å². The number of rotatable bonds is 6. The van der Waals surface area contributed by atoms with Gasteiger partial charge in [0, 0.05) is 31.3 Å². The van der Waals surface area contributed by atoms with Crippen LogP contribution in [-0.4, -0.2) is 39.0 Å². The Bertz CT molecular complexity index is 1260. The van der Waals surface area contributed by atoms with Crippen molar-refractivity contribution >= 4 is 33.3 Å². The van der Waals surface area contributed by atoms with E-state index in [1.807, 2.05) is 42.5 Å². The van der Waals surface area contributed by atoms with E-state index in [2.05, 4.69) is 0 Å². The third-order valence-corrected chi connectivity index (χ3v) is 7.39. The number of para-hydroxylation sites is 1. The number of sulfonamides is 1. The summed E-state index contributed by atoms with van der Waals surface area (Å²) in [6.45, 7) is 0.0740. The number of carbonyl (C=O) groups excluding carboxylic acids is 1. The molecule has 1 N–H and O–H groups in total. The molecule has 1 aliphatic heterocycles. The molecule has 0 saturated carbocycles. The van der Waals surface area contributed by atoms with E-state index in [0.717, 1.165) is 11.1 Å². The molecule has 0 radical (unpaired) electrons. The molecule has 1 amide bonds. The van der Waals surface area contributed by atoms with Gasteiger partial charge in [0.15, 0.2) is 0 Å². The van der Waals surface area contributed by atoms with Crippen molar-refractivity contribution in [1.29, 1.82) is 0 Å². The maximum absolute atomic E-state index is 13.3. The zero-order chi connectivity index (χ0) is 22.9. The topological polar surface area (TPSA) is 95.0 Å². The Morgan fingerprint density at radius 2 is 1.59 bits per heavy atom. The monoisotopic (exact) mass is 450 g/mol. The quantitative estimate of drug-likeness (QED) is 0.619. The molecule has 1 aliphatic rings. The third kappa shape index (κ3) is 3.97. The SMILES string of the molecule is CN(c1ccccc1-c1ccccc1)S(=O)(=O)c1ccc(N2CC(C(=O)O)CC2=O)cc1. The lowest BCUT2D eigenvalue weighted by Crippen LogP contribution is -2.28. The zero-order valence-electron chi connectivity index (χ0n) is 17.4. The minimum absolute atomic E-state index is 0.0611. The molecule has 1 unspecified atom stereocenters. The fraction of sp³-hybridized carbons (Fsp3) is 0.167. The predicted molar refractivity (Wildman–Crippen MR) is 122 cm³/mol. The summed E-state index contributed by atoms with van der Waals surface area (Å²) >= 11 is 0. The molecular formula is C24H22N2O5S. The lowest BCUT2D eigenvalue weighted by atomic mass is 10.0. The number of anilines is 2. The normalized spacial score (nSPS) is 16.2. The number of hydrogen-bond donors (Lipinski definition) is 1. The van der Waals surface area contributed by atoms with Crippen molar-refractivity contribution in [1.82, 2.24) is 0 Å². The fourth-order valence-corrected chi connectivity index (χ4v) is 5.03. The molecule has 0 aliphatic carbocycles. The third-order valence-electron chi connectivity index (χ3n) is 5.61.